The molecule has 0 unspecified atom stereocenters. The van der Waals surface area contributed by atoms with E-state index in [-0.39, 0.29) is 12.1 Å². The largest absolute Gasteiger partial charge is 0.384 e. The Labute approximate surface area is 136 Å². The minimum atomic E-state index is 0.0607. The van der Waals surface area contributed by atoms with Gasteiger partial charge >= 0.3 is 6.03 Å². The normalized spacial score (nSPS) is 23.4. The monoisotopic (exact) mass is 323 g/mol. The number of methoxy groups -OCH3 is 1. The van der Waals surface area contributed by atoms with Crippen LogP contribution in [0.3, 0.4) is 0 Å². The van der Waals surface area contributed by atoms with E-state index in [1.165, 1.54) is 12.8 Å². The fourth-order valence-electron chi connectivity index (χ4n) is 3.17. The molecule has 1 aliphatic carbocycles. The number of thiazole rings is 1. The second kappa shape index (κ2) is 6.96. The average Bonchev–Trinajstić information content (AvgIpc) is 3.26. The van der Waals surface area contributed by atoms with Gasteiger partial charge in [0.2, 0.25) is 0 Å². The number of piperidine rings is 1. The standard InChI is InChI=1S/C16H25N3O2S/c1-11-10-22-15(17-11)14(13-5-6-13)18-16(20)19-7-3-4-12(8-19)9-21-2/h10,12-14H,3-9H2,1-2H3,(H,18,20)/t12-,14+/m1/s1. The predicted octanol–water partition coefficient (Wildman–Crippen LogP) is 2.97. The molecule has 5 nitrogen and oxygen atoms in total. The summed E-state index contributed by atoms with van der Waals surface area (Å²) in [5, 5.41) is 6.35. The first-order valence-electron chi connectivity index (χ1n) is 8.13. The lowest BCUT2D eigenvalue weighted by molar-refractivity contribution is 0.0992. The molecule has 1 aromatic heterocycles. The van der Waals surface area contributed by atoms with Crippen molar-refractivity contribution >= 4 is 17.4 Å². The highest BCUT2D eigenvalue weighted by Crippen LogP contribution is 2.42. The molecular weight excluding hydrogens is 298 g/mol. The van der Waals surface area contributed by atoms with Crippen molar-refractivity contribution in [2.24, 2.45) is 11.8 Å². The van der Waals surface area contributed by atoms with Gasteiger partial charge in [-0.1, -0.05) is 0 Å². The van der Waals surface area contributed by atoms with E-state index in [0.717, 1.165) is 43.2 Å². The van der Waals surface area contributed by atoms with E-state index in [4.69, 9.17) is 4.74 Å². The van der Waals surface area contributed by atoms with Crippen molar-refractivity contribution in [1.82, 2.24) is 15.2 Å². The molecule has 1 N–H and O–H groups in total. The highest BCUT2D eigenvalue weighted by Gasteiger charge is 2.36. The molecule has 2 fully saturated rings. The molecule has 0 spiro atoms. The minimum absolute atomic E-state index is 0.0607. The quantitative estimate of drug-likeness (QED) is 0.906. The van der Waals surface area contributed by atoms with Gasteiger partial charge in [-0.3, -0.25) is 0 Å². The van der Waals surface area contributed by atoms with E-state index >= 15 is 0 Å². The molecule has 3 rings (SSSR count). The number of carbonyl (C=O) groups excluding carboxylic acids is 1. The van der Waals surface area contributed by atoms with Gasteiger partial charge in [-0.25, -0.2) is 9.78 Å². The van der Waals surface area contributed by atoms with Crippen molar-refractivity contribution in [1.29, 1.82) is 0 Å². The fourth-order valence-corrected chi connectivity index (χ4v) is 4.11. The molecule has 122 valence electrons. The zero-order valence-electron chi connectivity index (χ0n) is 13.4. The smallest absolute Gasteiger partial charge is 0.317 e. The summed E-state index contributed by atoms with van der Waals surface area (Å²) in [4.78, 5) is 19.1. The third-order valence-electron chi connectivity index (χ3n) is 4.48. The Bertz CT molecular complexity index is 513. The SMILES string of the molecule is COC[C@@H]1CCCN(C(=O)N[C@H](c2nc(C)cs2)C2CC2)C1. The average molecular weight is 323 g/mol. The maximum Gasteiger partial charge on any atom is 0.317 e. The fraction of sp³-hybridized carbons (Fsp3) is 0.750. The number of rotatable bonds is 5. The number of aryl methyl sites for hydroxylation is 1. The van der Waals surface area contributed by atoms with Gasteiger partial charge in [0, 0.05) is 37.2 Å². The lowest BCUT2D eigenvalue weighted by Crippen LogP contribution is -2.47. The number of likely N-dealkylation sites (tertiary alicyclic amines) is 1. The van der Waals surface area contributed by atoms with Gasteiger partial charge < -0.3 is 15.0 Å². The lowest BCUT2D eigenvalue weighted by atomic mass is 9.99. The van der Waals surface area contributed by atoms with Crippen LogP contribution in [-0.4, -0.2) is 42.7 Å². The number of hydrogen-bond acceptors (Lipinski definition) is 4. The van der Waals surface area contributed by atoms with Crippen LogP contribution in [0.15, 0.2) is 5.38 Å². The number of ether oxygens (including phenoxy) is 1. The molecule has 2 heterocycles. The Balaban J connectivity index is 1.61. The van der Waals surface area contributed by atoms with E-state index in [0.29, 0.717) is 11.8 Å². The van der Waals surface area contributed by atoms with E-state index in [1.54, 1.807) is 18.4 Å². The Morgan fingerprint density at radius 3 is 3.00 bits per heavy atom. The second-order valence-electron chi connectivity index (χ2n) is 6.50. The summed E-state index contributed by atoms with van der Waals surface area (Å²) in [5.41, 5.74) is 1.04. The van der Waals surface area contributed by atoms with Gasteiger partial charge in [0.15, 0.2) is 0 Å². The molecule has 0 radical (unpaired) electrons. The van der Waals surface area contributed by atoms with Crippen LogP contribution in [0.2, 0.25) is 0 Å². The number of amides is 2. The molecule has 1 aromatic rings. The maximum absolute atomic E-state index is 12.6. The van der Waals surface area contributed by atoms with Crippen LogP contribution < -0.4 is 5.32 Å². The first-order chi connectivity index (χ1) is 10.7. The van der Waals surface area contributed by atoms with E-state index in [2.05, 4.69) is 15.7 Å². The summed E-state index contributed by atoms with van der Waals surface area (Å²) in [6.07, 6.45) is 4.59. The number of carbonyl (C=O) groups is 1. The van der Waals surface area contributed by atoms with Crippen molar-refractivity contribution in [3.63, 3.8) is 0 Å². The number of urea groups is 1. The van der Waals surface area contributed by atoms with Gasteiger partial charge in [-0.2, -0.15) is 0 Å². The van der Waals surface area contributed by atoms with Crippen LogP contribution >= 0.6 is 11.3 Å². The van der Waals surface area contributed by atoms with E-state index in [9.17, 15) is 4.79 Å². The molecule has 2 amide bonds. The molecule has 0 bridgehead atoms. The first kappa shape index (κ1) is 15.7. The van der Waals surface area contributed by atoms with Crippen molar-refractivity contribution in [2.45, 2.75) is 38.6 Å². The number of nitrogens with zero attached hydrogens (tertiary/aromatic N) is 2. The van der Waals surface area contributed by atoms with Crippen LogP contribution in [0.1, 0.15) is 42.4 Å². The predicted molar refractivity (Wildman–Crippen MR) is 87.0 cm³/mol. The minimum Gasteiger partial charge on any atom is -0.384 e. The van der Waals surface area contributed by atoms with Crippen LogP contribution in [0.25, 0.3) is 0 Å². The highest BCUT2D eigenvalue weighted by atomic mass is 32.1. The van der Waals surface area contributed by atoms with Gasteiger partial charge in [-0.05, 0) is 38.5 Å². The summed E-state index contributed by atoms with van der Waals surface area (Å²) in [7, 11) is 1.73. The zero-order chi connectivity index (χ0) is 15.5. The summed E-state index contributed by atoms with van der Waals surface area (Å²) in [6, 6.07) is 0.152. The van der Waals surface area contributed by atoms with E-state index in [1.807, 2.05) is 11.8 Å². The number of nitrogens with one attached hydrogen (secondary N) is 1. The van der Waals surface area contributed by atoms with Crippen LogP contribution in [0.5, 0.6) is 0 Å². The van der Waals surface area contributed by atoms with E-state index < -0.39 is 0 Å². The number of aromatic nitrogens is 1. The summed E-state index contributed by atoms with van der Waals surface area (Å²) < 4.78 is 5.24. The maximum atomic E-state index is 12.6. The third kappa shape index (κ3) is 3.79. The van der Waals surface area contributed by atoms with Gasteiger partial charge in [0.1, 0.15) is 5.01 Å². The Hall–Kier alpha value is -1.14. The third-order valence-corrected chi connectivity index (χ3v) is 5.53. The molecule has 2 aliphatic rings. The van der Waals surface area contributed by atoms with Crippen LogP contribution in [0.4, 0.5) is 4.79 Å². The Kier molecular flexibility index (Phi) is 4.98. The van der Waals surface area contributed by atoms with Crippen molar-refractivity contribution < 1.29 is 9.53 Å². The molecule has 1 saturated carbocycles. The van der Waals surface area contributed by atoms with Crippen molar-refractivity contribution in [3.8, 4) is 0 Å². The molecule has 1 saturated heterocycles. The first-order valence-corrected chi connectivity index (χ1v) is 9.01. The zero-order valence-corrected chi connectivity index (χ0v) is 14.2. The van der Waals surface area contributed by atoms with Crippen molar-refractivity contribution in [3.05, 3.63) is 16.1 Å². The van der Waals surface area contributed by atoms with Crippen LogP contribution in [-0.2, 0) is 4.74 Å². The van der Waals surface area contributed by atoms with Crippen LogP contribution in [0, 0.1) is 18.8 Å². The molecule has 6 heteroatoms. The molecular formula is C16H25N3O2S. The Morgan fingerprint density at radius 1 is 1.55 bits per heavy atom. The summed E-state index contributed by atoms with van der Waals surface area (Å²) >= 11 is 1.66. The summed E-state index contributed by atoms with van der Waals surface area (Å²) in [6.45, 7) is 4.39. The van der Waals surface area contributed by atoms with Crippen molar-refractivity contribution in [2.75, 3.05) is 26.8 Å². The lowest BCUT2D eigenvalue weighted by Gasteiger charge is -2.33. The van der Waals surface area contributed by atoms with Gasteiger partial charge in [0.05, 0.1) is 12.6 Å². The topological polar surface area (TPSA) is 54.5 Å². The molecule has 22 heavy (non-hydrogen) atoms. The molecule has 2 atom stereocenters. The Morgan fingerprint density at radius 2 is 2.36 bits per heavy atom. The second-order valence-corrected chi connectivity index (χ2v) is 7.39. The number of hydrogen-bond donors (Lipinski definition) is 1. The van der Waals surface area contributed by atoms with Gasteiger partial charge in [0.25, 0.3) is 0 Å². The van der Waals surface area contributed by atoms with Gasteiger partial charge in [-0.15, -0.1) is 11.3 Å². The highest BCUT2D eigenvalue weighted by molar-refractivity contribution is 7.09. The molecule has 0 aromatic carbocycles. The summed E-state index contributed by atoms with van der Waals surface area (Å²) in [5.74, 6) is 1.03. The molecule has 1 aliphatic heterocycles.